The molecule has 0 heterocycles. The maximum atomic E-state index is 10.5. The molecular formula is C9H19N3O2. The first-order chi connectivity index (χ1) is 6.41. The molecule has 0 saturated heterocycles. The molecule has 82 valence electrons. The van der Waals surface area contributed by atoms with E-state index in [4.69, 9.17) is 4.79 Å². The van der Waals surface area contributed by atoms with Crippen LogP contribution in [-0.4, -0.2) is 18.5 Å². The van der Waals surface area contributed by atoms with Crippen molar-refractivity contribution in [3.63, 3.8) is 0 Å². The Hall–Kier alpha value is -1.78. The molecule has 0 fully saturated rings. The number of carbonyl (C=O) groups is 2. The Morgan fingerprint density at radius 3 is 1.64 bits per heavy atom. The molecular weight excluding hydrogens is 182 g/mol. The molecule has 0 spiro atoms. The van der Waals surface area contributed by atoms with E-state index in [0.29, 0.717) is 12.1 Å². The van der Waals surface area contributed by atoms with Gasteiger partial charge in [0.25, 0.3) is 0 Å². The van der Waals surface area contributed by atoms with Gasteiger partial charge in [-0.2, -0.15) is 0 Å². The summed E-state index contributed by atoms with van der Waals surface area (Å²) in [6.07, 6.45) is 0. The zero-order valence-electron chi connectivity index (χ0n) is 8.80. The van der Waals surface area contributed by atoms with Gasteiger partial charge in [0.2, 0.25) is 5.91 Å². The van der Waals surface area contributed by atoms with Gasteiger partial charge in [0.05, 0.1) is 0 Å². The van der Waals surface area contributed by atoms with Crippen molar-refractivity contribution in [2.45, 2.75) is 13.8 Å². The van der Waals surface area contributed by atoms with Crippen molar-refractivity contribution < 1.29 is 9.59 Å². The van der Waals surface area contributed by atoms with Gasteiger partial charge in [0.1, 0.15) is 0 Å². The number of carbonyl (C=O) groups excluding carboxylic acids is 2. The maximum Gasteiger partial charge on any atom is 0.309 e. The zero-order chi connectivity index (χ0) is 12.1. The predicted octanol–water partition coefficient (Wildman–Crippen LogP) is 0.525. The monoisotopic (exact) mass is 201 g/mol. The molecule has 0 aromatic heterocycles. The Balaban J connectivity index is -0.000000170. The highest BCUT2D eigenvalue weighted by Gasteiger charge is 1.95. The standard InChI is InChI=1S/C6H11NO.C2H4.CH4N2O/c1-4-7-6(8)5(2)3;1-2;2-1(3)4/h2,4H2,1,3H3,(H,7,8);1-2H2;(H4,2,3,4). The second-order valence-corrected chi connectivity index (χ2v) is 2.04. The summed E-state index contributed by atoms with van der Waals surface area (Å²) in [5.41, 5.74) is 9.06. The largest absolute Gasteiger partial charge is 0.353 e. The Morgan fingerprint density at radius 2 is 1.57 bits per heavy atom. The van der Waals surface area contributed by atoms with Crippen LogP contribution in [0.25, 0.3) is 0 Å². The molecule has 0 aromatic rings. The number of hydrogen-bond donors (Lipinski definition) is 3. The van der Waals surface area contributed by atoms with E-state index in [1.807, 2.05) is 6.92 Å². The van der Waals surface area contributed by atoms with Crippen LogP contribution in [0.15, 0.2) is 25.3 Å². The molecule has 0 radical (unpaired) electrons. The van der Waals surface area contributed by atoms with Crippen molar-refractivity contribution in [3.05, 3.63) is 25.3 Å². The van der Waals surface area contributed by atoms with E-state index >= 15 is 0 Å². The van der Waals surface area contributed by atoms with Crippen LogP contribution in [0.3, 0.4) is 0 Å². The van der Waals surface area contributed by atoms with Crippen LogP contribution in [0.2, 0.25) is 0 Å². The first-order valence-corrected chi connectivity index (χ1v) is 3.90. The molecule has 5 heteroatoms. The number of nitrogens with two attached hydrogens (primary N) is 2. The molecule has 5 nitrogen and oxygen atoms in total. The fourth-order valence-electron chi connectivity index (χ4n) is 0.311. The molecule has 5 N–H and O–H groups in total. The molecule has 0 aliphatic heterocycles. The number of primary amides is 2. The quantitative estimate of drug-likeness (QED) is 0.448. The van der Waals surface area contributed by atoms with Gasteiger partial charge in [-0.05, 0) is 13.8 Å². The molecule has 0 aliphatic rings. The fraction of sp³-hybridized carbons (Fsp3) is 0.333. The first kappa shape index (κ1) is 18.1. The first-order valence-electron chi connectivity index (χ1n) is 3.90. The SMILES string of the molecule is C=C.C=C(C)C(=O)NCC.NC(N)=O. The van der Waals surface area contributed by atoms with Crippen LogP contribution in [0, 0.1) is 0 Å². The predicted molar refractivity (Wildman–Crippen MR) is 58.5 cm³/mol. The van der Waals surface area contributed by atoms with E-state index in [2.05, 4.69) is 36.5 Å². The highest BCUT2D eigenvalue weighted by molar-refractivity contribution is 5.91. The third kappa shape index (κ3) is 31.9. The van der Waals surface area contributed by atoms with Gasteiger partial charge in [0.15, 0.2) is 0 Å². The van der Waals surface area contributed by atoms with Gasteiger partial charge in [-0.25, -0.2) is 4.79 Å². The van der Waals surface area contributed by atoms with Crippen molar-refractivity contribution >= 4 is 11.9 Å². The maximum absolute atomic E-state index is 10.5. The van der Waals surface area contributed by atoms with Crippen LogP contribution < -0.4 is 16.8 Å². The van der Waals surface area contributed by atoms with Crippen molar-refractivity contribution in [2.75, 3.05) is 6.54 Å². The van der Waals surface area contributed by atoms with Crippen LogP contribution in [0.1, 0.15) is 13.8 Å². The summed E-state index contributed by atoms with van der Waals surface area (Å²) in [4.78, 5) is 19.5. The summed E-state index contributed by atoms with van der Waals surface area (Å²) in [6.45, 7) is 13.7. The topological polar surface area (TPSA) is 98.2 Å². The Kier molecular flexibility index (Phi) is 17.8. The van der Waals surface area contributed by atoms with Crippen LogP contribution in [0.4, 0.5) is 4.79 Å². The van der Waals surface area contributed by atoms with Gasteiger partial charge >= 0.3 is 6.03 Å². The molecule has 0 atom stereocenters. The molecule has 0 aliphatic carbocycles. The van der Waals surface area contributed by atoms with Crippen molar-refractivity contribution in [1.29, 1.82) is 0 Å². The lowest BCUT2D eigenvalue weighted by molar-refractivity contribution is -0.117. The van der Waals surface area contributed by atoms with Gasteiger partial charge in [0, 0.05) is 12.1 Å². The highest BCUT2D eigenvalue weighted by Crippen LogP contribution is 1.82. The number of rotatable bonds is 2. The fourth-order valence-corrected chi connectivity index (χ4v) is 0.311. The summed E-state index contributed by atoms with van der Waals surface area (Å²) < 4.78 is 0. The summed E-state index contributed by atoms with van der Waals surface area (Å²) in [5.74, 6) is -0.0625. The number of amides is 3. The van der Waals surface area contributed by atoms with E-state index in [1.165, 1.54) is 0 Å². The van der Waals surface area contributed by atoms with E-state index in [1.54, 1.807) is 6.92 Å². The summed E-state index contributed by atoms with van der Waals surface area (Å²) in [6, 6.07) is -0.833. The molecule has 0 aromatic carbocycles. The van der Waals surface area contributed by atoms with Crippen LogP contribution >= 0.6 is 0 Å². The van der Waals surface area contributed by atoms with Crippen molar-refractivity contribution in [3.8, 4) is 0 Å². The summed E-state index contributed by atoms with van der Waals surface area (Å²) >= 11 is 0. The zero-order valence-corrected chi connectivity index (χ0v) is 8.80. The van der Waals surface area contributed by atoms with E-state index < -0.39 is 6.03 Å². The lowest BCUT2D eigenvalue weighted by Gasteiger charge is -1.97. The lowest BCUT2D eigenvalue weighted by atomic mass is 10.3. The van der Waals surface area contributed by atoms with Gasteiger partial charge in [-0.1, -0.05) is 6.58 Å². The van der Waals surface area contributed by atoms with Gasteiger partial charge in [-0.15, -0.1) is 13.2 Å². The average Bonchev–Trinajstić information content (AvgIpc) is 2.07. The van der Waals surface area contributed by atoms with Crippen molar-refractivity contribution in [1.82, 2.24) is 5.32 Å². The molecule has 0 saturated carbocycles. The number of nitrogens with one attached hydrogen (secondary N) is 1. The van der Waals surface area contributed by atoms with Gasteiger partial charge in [-0.3, -0.25) is 4.79 Å². The second-order valence-electron chi connectivity index (χ2n) is 2.04. The minimum atomic E-state index is -0.833. The van der Waals surface area contributed by atoms with Crippen molar-refractivity contribution in [2.24, 2.45) is 11.5 Å². The Morgan fingerprint density at radius 1 is 1.29 bits per heavy atom. The minimum Gasteiger partial charge on any atom is -0.353 e. The summed E-state index contributed by atoms with van der Waals surface area (Å²) in [7, 11) is 0. The molecule has 0 bridgehead atoms. The summed E-state index contributed by atoms with van der Waals surface area (Å²) in [5, 5.41) is 2.61. The highest BCUT2D eigenvalue weighted by atomic mass is 16.2. The van der Waals surface area contributed by atoms with E-state index in [-0.39, 0.29) is 5.91 Å². The molecule has 3 amide bonds. The minimum absolute atomic E-state index is 0.0625. The number of urea groups is 1. The van der Waals surface area contributed by atoms with E-state index in [9.17, 15) is 4.79 Å². The molecule has 0 unspecified atom stereocenters. The van der Waals surface area contributed by atoms with Crippen LogP contribution in [0.5, 0.6) is 0 Å². The molecule has 14 heavy (non-hydrogen) atoms. The lowest BCUT2D eigenvalue weighted by Crippen LogP contribution is -2.22. The van der Waals surface area contributed by atoms with Crippen LogP contribution in [-0.2, 0) is 4.79 Å². The second kappa shape index (κ2) is 13.8. The van der Waals surface area contributed by atoms with E-state index in [0.717, 1.165) is 0 Å². The number of likely N-dealkylation sites (N-methyl/N-ethyl adjacent to an activating group) is 1. The Bertz CT molecular complexity index is 186. The normalized spacial score (nSPS) is 6.71. The third-order valence-electron chi connectivity index (χ3n) is 0.725. The smallest absolute Gasteiger partial charge is 0.309 e. The van der Waals surface area contributed by atoms with Gasteiger partial charge < -0.3 is 16.8 Å². The molecule has 0 rings (SSSR count). The number of hydrogen-bond acceptors (Lipinski definition) is 2. The Labute approximate surface area is 84.8 Å². The third-order valence-corrected chi connectivity index (χ3v) is 0.725. The average molecular weight is 201 g/mol.